The number of rotatable bonds is 4. The highest BCUT2D eigenvalue weighted by Crippen LogP contribution is 2.23. The van der Waals surface area contributed by atoms with Gasteiger partial charge >= 0.3 is 5.69 Å². The van der Waals surface area contributed by atoms with Gasteiger partial charge in [-0.15, -0.1) is 5.10 Å². The normalized spacial score (nSPS) is 20.6. The molecule has 2 N–H and O–H groups in total. The summed E-state index contributed by atoms with van der Waals surface area (Å²) in [6.45, 7) is 4.12. The fourth-order valence-electron chi connectivity index (χ4n) is 4.11. The highest BCUT2D eigenvalue weighted by atomic mass is 16.2. The first kappa shape index (κ1) is 19.6. The molecule has 0 spiro atoms. The van der Waals surface area contributed by atoms with E-state index in [0.717, 1.165) is 12.8 Å². The average Bonchev–Trinajstić information content (AvgIpc) is 2.98. The molecule has 2 fully saturated rings. The summed E-state index contributed by atoms with van der Waals surface area (Å²) >= 11 is 0. The van der Waals surface area contributed by atoms with Crippen molar-refractivity contribution in [1.82, 2.24) is 29.9 Å². The van der Waals surface area contributed by atoms with E-state index in [9.17, 15) is 14.4 Å². The number of carbonyl (C=O) groups is 2. The van der Waals surface area contributed by atoms with Crippen molar-refractivity contribution in [2.24, 2.45) is 0 Å². The highest BCUT2D eigenvalue weighted by molar-refractivity contribution is 5.90. The van der Waals surface area contributed by atoms with E-state index in [0.29, 0.717) is 38.6 Å². The number of hydrogen-bond acceptors (Lipinski definition) is 5. The lowest BCUT2D eigenvalue weighted by Crippen LogP contribution is -2.50. The van der Waals surface area contributed by atoms with Crippen molar-refractivity contribution >= 4 is 11.8 Å². The van der Waals surface area contributed by atoms with Crippen molar-refractivity contribution in [3.05, 3.63) is 16.3 Å². The smallest absolute Gasteiger partial charge is 0.340 e. The minimum absolute atomic E-state index is 0.0187. The van der Waals surface area contributed by atoms with Crippen molar-refractivity contribution < 1.29 is 9.59 Å². The van der Waals surface area contributed by atoms with E-state index in [2.05, 4.69) is 27.1 Å². The van der Waals surface area contributed by atoms with E-state index >= 15 is 0 Å². The van der Waals surface area contributed by atoms with Gasteiger partial charge in [0.2, 0.25) is 11.7 Å². The molecule has 2 amide bonds. The molecule has 3 rings (SSSR count). The quantitative estimate of drug-likeness (QED) is 0.790. The second-order valence-electron chi connectivity index (χ2n) is 7.63. The van der Waals surface area contributed by atoms with Gasteiger partial charge in [-0.1, -0.05) is 19.3 Å². The van der Waals surface area contributed by atoms with Crippen molar-refractivity contribution in [2.75, 3.05) is 33.2 Å². The number of nitrogens with one attached hydrogen (secondary N) is 2. The third-order valence-electron chi connectivity index (χ3n) is 5.92. The molecule has 1 atom stereocenters. The van der Waals surface area contributed by atoms with Crippen LogP contribution in [0.3, 0.4) is 0 Å². The molecular formula is C18H30N6O3. The zero-order valence-corrected chi connectivity index (χ0v) is 16.2. The van der Waals surface area contributed by atoms with Crippen LogP contribution >= 0.6 is 0 Å². The Labute approximate surface area is 159 Å². The van der Waals surface area contributed by atoms with Gasteiger partial charge in [-0.2, -0.15) is 0 Å². The zero-order valence-electron chi connectivity index (χ0n) is 16.2. The maximum Gasteiger partial charge on any atom is 0.341 e. The minimum Gasteiger partial charge on any atom is -0.340 e. The van der Waals surface area contributed by atoms with E-state index < -0.39 is 5.69 Å². The Kier molecular flexibility index (Phi) is 6.30. The van der Waals surface area contributed by atoms with Crippen molar-refractivity contribution in [2.45, 2.75) is 57.5 Å². The summed E-state index contributed by atoms with van der Waals surface area (Å²) < 4.78 is 0. The molecule has 1 saturated carbocycles. The average molecular weight is 378 g/mol. The number of H-pyrrole nitrogens is 2. The number of aromatic amines is 2. The molecule has 9 nitrogen and oxygen atoms in total. The van der Waals surface area contributed by atoms with Crippen LogP contribution in [0, 0.1) is 0 Å². The molecule has 1 unspecified atom stereocenters. The monoisotopic (exact) mass is 378 g/mol. The number of aromatic nitrogens is 3. The predicted octanol–water partition coefficient (Wildman–Crippen LogP) is 0.426. The molecule has 2 heterocycles. The van der Waals surface area contributed by atoms with Gasteiger partial charge in [0.1, 0.15) is 0 Å². The van der Waals surface area contributed by atoms with E-state index in [1.165, 1.54) is 19.3 Å². The number of nitrogens with zero attached hydrogens (tertiary/aromatic N) is 4. The third kappa shape index (κ3) is 4.58. The molecule has 1 saturated heterocycles. The van der Waals surface area contributed by atoms with Crippen LogP contribution in [0.4, 0.5) is 0 Å². The lowest BCUT2D eigenvalue weighted by Gasteiger charge is -2.37. The lowest BCUT2D eigenvalue weighted by atomic mass is 9.93. The standard InChI is InChI=1S/C18H30N6O3/c1-13(22(2)14-7-4-3-5-8-14)16(25)23-9-6-10-24(12-11-23)17(26)15-19-18(27)21-20-15/h13-14H,3-12H2,1-2H3,(H2,19,20,21,27). The molecule has 0 bridgehead atoms. The van der Waals surface area contributed by atoms with Gasteiger partial charge in [0, 0.05) is 32.2 Å². The SMILES string of the molecule is CC(C(=O)N1CCCN(C(=O)c2n[nH]c(=O)[nH]2)CC1)N(C)C1CCCCC1. The fourth-order valence-corrected chi connectivity index (χ4v) is 4.11. The van der Waals surface area contributed by atoms with E-state index in [-0.39, 0.29) is 23.7 Å². The van der Waals surface area contributed by atoms with Crippen LogP contribution in [-0.4, -0.2) is 87.0 Å². The number of carbonyl (C=O) groups excluding carboxylic acids is 2. The lowest BCUT2D eigenvalue weighted by molar-refractivity contribution is -0.136. The Hall–Kier alpha value is -2.16. The van der Waals surface area contributed by atoms with Gasteiger partial charge in [0.25, 0.3) is 5.91 Å². The minimum atomic E-state index is -0.496. The summed E-state index contributed by atoms with van der Waals surface area (Å²) in [5, 5.41) is 5.92. The summed E-state index contributed by atoms with van der Waals surface area (Å²) in [4.78, 5) is 44.7. The van der Waals surface area contributed by atoms with Crippen LogP contribution in [0.15, 0.2) is 4.79 Å². The van der Waals surface area contributed by atoms with Gasteiger partial charge < -0.3 is 9.80 Å². The molecule has 27 heavy (non-hydrogen) atoms. The molecule has 0 radical (unpaired) electrons. The van der Waals surface area contributed by atoms with Gasteiger partial charge in [0.05, 0.1) is 6.04 Å². The zero-order chi connectivity index (χ0) is 19.4. The summed E-state index contributed by atoms with van der Waals surface area (Å²) in [6, 6.07) is 0.331. The predicted molar refractivity (Wildman–Crippen MR) is 100 cm³/mol. The fraction of sp³-hybridized carbons (Fsp3) is 0.778. The molecule has 0 aromatic carbocycles. The van der Waals surface area contributed by atoms with Gasteiger partial charge in [-0.25, -0.2) is 9.89 Å². The Bertz CT molecular complexity index is 708. The maximum absolute atomic E-state index is 13.0. The first-order valence-corrected chi connectivity index (χ1v) is 9.92. The molecule has 1 aliphatic heterocycles. The van der Waals surface area contributed by atoms with Crippen LogP contribution in [0.1, 0.15) is 56.1 Å². The second-order valence-corrected chi connectivity index (χ2v) is 7.63. The summed E-state index contributed by atoms with van der Waals surface area (Å²) in [5.74, 6) is -0.161. The Balaban J connectivity index is 1.57. The summed E-state index contributed by atoms with van der Waals surface area (Å²) in [6.07, 6.45) is 6.82. The van der Waals surface area contributed by atoms with Gasteiger partial charge in [0.15, 0.2) is 0 Å². The molecule has 9 heteroatoms. The summed E-state index contributed by atoms with van der Waals surface area (Å²) in [5.41, 5.74) is -0.496. The largest absolute Gasteiger partial charge is 0.341 e. The van der Waals surface area contributed by atoms with E-state index in [4.69, 9.17) is 0 Å². The number of likely N-dealkylation sites (N-methyl/N-ethyl adjacent to an activating group) is 1. The maximum atomic E-state index is 13.0. The van der Waals surface area contributed by atoms with Crippen molar-refractivity contribution in [3.8, 4) is 0 Å². The Morgan fingerprint density at radius 3 is 2.41 bits per heavy atom. The van der Waals surface area contributed by atoms with Crippen molar-refractivity contribution in [1.29, 1.82) is 0 Å². The second kappa shape index (κ2) is 8.69. The van der Waals surface area contributed by atoms with Crippen LogP contribution in [0.5, 0.6) is 0 Å². The topological polar surface area (TPSA) is 105 Å². The Morgan fingerprint density at radius 1 is 1.07 bits per heavy atom. The van der Waals surface area contributed by atoms with Crippen LogP contribution in [-0.2, 0) is 4.79 Å². The summed E-state index contributed by atoms with van der Waals surface area (Å²) in [7, 11) is 2.06. The Morgan fingerprint density at radius 2 is 1.74 bits per heavy atom. The molecule has 150 valence electrons. The number of hydrogen-bond donors (Lipinski definition) is 2. The first-order valence-electron chi connectivity index (χ1n) is 9.92. The molecule has 2 aliphatic rings. The molecule has 1 aromatic rings. The first-order chi connectivity index (χ1) is 13.0. The molecule has 1 aromatic heterocycles. The van der Waals surface area contributed by atoms with E-state index in [1.807, 2.05) is 11.8 Å². The van der Waals surface area contributed by atoms with E-state index in [1.54, 1.807) is 4.90 Å². The number of amides is 2. The van der Waals surface area contributed by atoms with Gasteiger partial charge in [-0.3, -0.25) is 19.5 Å². The van der Waals surface area contributed by atoms with Crippen LogP contribution < -0.4 is 5.69 Å². The van der Waals surface area contributed by atoms with Crippen molar-refractivity contribution in [3.63, 3.8) is 0 Å². The van der Waals surface area contributed by atoms with Crippen LogP contribution in [0.2, 0.25) is 0 Å². The third-order valence-corrected chi connectivity index (χ3v) is 5.92. The highest BCUT2D eigenvalue weighted by Gasteiger charge is 2.31. The molecule has 1 aliphatic carbocycles. The van der Waals surface area contributed by atoms with Gasteiger partial charge in [-0.05, 0) is 33.2 Å². The molecular weight excluding hydrogens is 348 g/mol. The van der Waals surface area contributed by atoms with Crippen LogP contribution in [0.25, 0.3) is 0 Å².